The Hall–Kier alpha value is -6.92. The van der Waals surface area contributed by atoms with Gasteiger partial charge in [0.25, 0.3) is 0 Å². The number of rotatable bonds is 5. The van der Waals surface area contributed by atoms with Crippen LogP contribution in [0.2, 0.25) is 0 Å². The first-order valence-electron chi connectivity index (χ1n) is 24.1. The van der Waals surface area contributed by atoms with Crippen LogP contribution in [0.3, 0.4) is 0 Å². The summed E-state index contributed by atoms with van der Waals surface area (Å²) in [5, 5.41) is 3.99. The van der Waals surface area contributed by atoms with Crippen LogP contribution in [-0.4, -0.2) is 23.9 Å². The molecular weight excluding hydrogens is 834 g/mol. The maximum atomic E-state index is 15.5. The highest BCUT2D eigenvalue weighted by Crippen LogP contribution is 2.46. The fraction of sp³-hybridized carbons (Fsp3) is 0.274. The van der Waals surface area contributed by atoms with Gasteiger partial charge < -0.3 is 4.40 Å². The molecule has 4 heterocycles. The fourth-order valence-corrected chi connectivity index (χ4v) is 10.5. The zero-order valence-corrected chi connectivity index (χ0v) is 41.5. The lowest BCUT2D eigenvalue weighted by Gasteiger charge is -2.26. The van der Waals surface area contributed by atoms with Gasteiger partial charge >= 0.3 is 0 Å². The molecule has 4 aromatic heterocycles. The van der Waals surface area contributed by atoms with Crippen molar-refractivity contribution in [2.24, 2.45) is 5.41 Å². The van der Waals surface area contributed by atoms with E-state index in [0.29, 0.717) is 0 Å². The molecular formula is C62H60FN5. The molecule has 11 rings (SSSR count). The summed E-state index contributed by atoms with van der Waals surface area (Å²) in [6, 6.07) is 45.6. The van der Waals surface area contributed by atoms with Crippen LogP contribution in [0, 0.1) is 11.2 Å². The van der Waals surface area contributed by atoms with Gasteiger partial charge in [-0.2, -0.15) is 0 Å². The molecule has 5 nitrogen and oxygen atoms in total. The van der Waals surface area contributed by atoms with Gasteiger partial charge in [0.15, 0.2) is 0 Å². The van der Waals surface area contributed by atoms with Crippen molar-refractivity contribution in [1.29, 1.82) is 0 Å². The molecule has 0 aliphatic rings. The maximum Gasteiger partial charge on any atom is 0.145 e. The van der Waals surface area contributed by atoms with Crippen LogP contribution in [0.1, 0.15) is 105 Å². The molecule has 0 aliphatic carbocycles. The van der Waals surface area contributed by atoms with E-state index in [1.165, 1.54) is 22.3 Å². The van der Waals surface area contributed by atoms with Gasteiger partial charge in [0.05, 0.1) is 49.7 Å². The minimum atomic E-state index is -0.270. The van der Waals surface area contributed by atoms with Crippen LogP contribution in [-0.2, 0) is 22.7 Å². The average molecular weight is 894 g/mol. The molecule has 7 aromatic carbocycles. The number of hydrogen-bond donors (Lipinski definition) is 0. The van der Waals surface area contributed by atoms with Gasteiger partial charge in [-0.25, -0.2) is 19.3 Å². The standard InChI is InChI=1S/C62H60FN5/c1-59(2,3)34-36-25-49-54-53(26-36)67-52-33-43(63)22-23-45(52)47-29-38(30-48(57(47)67)56(54)65-35-64-49)44-19-16-20-51-55(44)66-58(39-27-41(61(7,8)9)31-42(28-39)62(10,11)12)68(51)50-24-21-40(60(4,5)6)32-46(50)37-17-14-13-15-18-37/h13-33,35H,34H2,1-12H3. The number of aromatic nitrogens is 5. The Morgan fingerprint density at radius 1 is 0.500 bits per heavy atom. The second-order valence-electron chi connectivity index (χ2n) is 23.5. The van der Waals surface area contributed by atoms with E-state index >= 15 is 4.39 Å². The summed E-state index contributed by atoms with van der Waals surface area (Å²) < 4.78 is 20.1. The third kappa shape index (κ3) is 7.23. The number of pyridine rings is 1. The van der Waals surface area contributed by atoms with Gasteiger partial charge in [0.1, 0.15) is 18.0 Å². The van der Waals surface area contributed by atoms with Crippen LogP contribution in [0.15, 0.2) is 134 Å². The molecule has 0 N–H and O–H groups in total. The van der Waals surface area contributed by atoms with Crippen LogP contribution in [0.25, 0.3) is 99.5 Å². The van der Waals surface area contributed by atoms with Gasteiger partial charge in [0, 0.05) is 32.8 Å². The molecule has 0 amide bonds. The molecule has 0 unspecified atom stereocenters. The molecule has 0 saturated heterocycles. The Bertz CT molecular complexity index is 3770. The number of benzene rings is 7. The van der Waals surface area contributed by atoms with E-state index in [9.17, 15) is 0 Å². The molecule has 0 spiro atoms. The summed E-state index contributed by atoms with van der Waals surface area (Å²) in [6.45, 7) is 27.4. The van der Waals surface area contributed by atoms with E-state index in [2.05, 4.69) is 201 Å². The minimum absolute atomic E-state index is 0.0595. The normalized spacial score (nSPS) is 13.1. The van der Waals surface area contributed by atoms with Gasteiger partial charge in [-0.1, -0.05) is 138 Å². The zero-order valence-electron chi connectivity index (χ0n) is 41.5. The fourth-order valence-electron chi connectivity index (χ4n) is 10.5. The summed E-state index contributed by atoms with van der Waals surface area (Å²) in [6.07, 6.45) is 2.57. The predicted octanol–water partition coefficient (Wildman–Crippen LogP) is 16.7. The van der Waals surface area contributed by atoms with Crippen molar-refractivity contribution < 1.29 is 4.39 Å². The summed E-state index contributed by atoms with van der Waals surface area (Å²) in [5.41, 5.74) is 17.8. The van der Waals surface area contributed by atoms with Gasteiger partial charge in [-0.15, -0.1) is 0 Å². The lowest BCUT2D eigenvalue weighted by atomic mass is 9.79. The molecule has 11 aromatic rings. The van der Waals surface area contributed by atoms with Crippen molar-refractivity contribution in [2.45, 2.75) is 106 Å². The van der Waals surface area contributed by atoms with E-state index in [4.69, 9.17) is 15.0 Å². The maximum absolute atomic E-state index is 15.5. The SMILES string of the molecule is CC(C)(C)Cc1cc2ncnc3c4cc(-c5cccc6c5nc(-c5cc(C(C)(C)C)cc(C(C)(C)C)c5)n6-c5ccc(C(C)(C)C)cc5-c5ccccc5)cc5c6ccc(F)cc6n(c(c1)c23)c54. The summed E-state index contributed by atoms with van der Waals surface area (Å²) in [7, 11) is 0. The van der Waals surface area contributed by atoms with Crippen LogP contribution >= 0.6 is 0 Å². The Kier molecular flexibility index (Phi) is 9.65. The Morgan fingerprint density at radius 3 is 1.90 bits per heavy atom. The van der Waals surface area contributed by atoms with Crippen molar-refractivity contribution >= 4 is 60.2 Å². The Labute approximate surface area is 399 Å². The van der Waals surface area contributed by atoms with Crippen molar-refractivity contribution in [2.75, 3.05) is 0 Å². The third-order valence-electron chi connectivity index (χ3n) is 13.9. The second kappa shape index (κ2) is 15.0. The van der Waals surface area contributed by atoms with Gasteiger partial charge in [-0.3, -0.25) is 4.57 Å². The van der Waals surface area contributed by atoms with Crippen LogP contribution < -0.4 is 0 Å². The van der Waals surface area contributed by atoms with Crippen molar-refractivity contribution in [1.82, 2.24) is 23.9 Å². The molecule has 340 valence electrons. The minimum Gasteiger partial charge on any atom is -0.308 e. The first-order chi connectivity index (χ1) is 32.1. The van der Waals surface area contributed by atoms with Crippen LogP contribution in [0.5, 0.6) is 0 Å². The molecule has 68 heavy (non-hydrogen) atoms. The van der Waals surface area contributed by atoms with E-state index in [1.54, 1.807) is 18.5 Å². The molecule has 6 heteroatoms. The van der Waals surface area contributed by atoms with Gasteiger partial charge in [-0.05, 0) is 134 Å². The number of imidazole rings is 1. The first-order valence-corrected chi connectivity index (χ1v) is 24.1. The molecule has 0 atom stereocenters. The predicted molar refractivity (Wildman–Crippen MR) is 284 cm³/mol. The largest absolute Gasteiger partial charge is 0.308 e. The van der Waals surface area contributed by atoms with E-state index in [1.807, 2.05) is 6.07 Å². The topological polar surface area (TPSA) is 48.0 Å². The zero-order chi connectivity index (χ0) is 47.8. The highest BCUT2D eigenvalue weighted by molar-refractivity contribution is 6.26. The number of hydrogen-bond acceptors (Lipinski definition) is 3. The van der Waals surface area contributed by atoms with Crippen LogP contribution in [0.4, 0.5) is 4.39 Å². The molecule has 0 fully saturated rings. The van der Waals surface area contributed by atoms with E-state index < -0.39 is 0 Å². The van der Waals surface area contributed by atoms with Crippen molar-refractivity contribution in [3.8, 4) is 39.3 Å². The number of para-hydroxylation sites is 1. The lowest BCUT2D eigenvalue weighted by molar-refractivity contribution is 0.411. The Balaban J connectivity index is 1.26. The monoisotopic (exact) mass is 893 g/mol. The molecule has 0 aliphatic heterocycles. The third-order valence-corrected chi connectivity index (χ3v) is 13.9. The van der Waals surface area contributed by atoms with Crippen molar-refractivity contribution in [3.63, 3.8) is 0 Å². The van der Waals surface area contributed by atoms with E-state index in [-0.39, 0.29) is 27.5 Å². The highest BCUT2D eigenvalue weighted by Gasteiger charge is 2.28. The second-order valence-corrected chi connectivity index (χ2v) is 23.5. The molecule has 0 radical (unpaired) electrons. The summed E-state index contributed by atoms with van der Waals surface area (Å²) in [5.74, 6) is 0.616. The lowest BCUT2D eigenvalue weighted by Crippen LogP contribution is -2.17. The molecule has 0 saturated carbocycles. The average Bonchev–Trinajstić information content (AvgIpc) is 3.82. The number of halogens is 1. The van der Waals surface area contributed by atoms with E-state index in [0.717, 1.165) is 106 Å². The number of nitrogens with zero attached hydrogens (tertiary/aromatic N) is 5. The summed E-state index contributed by atoms with van der Waals surface area (Å²) in [4.78, 5) is 15.7. The number of fused-ring (bicyclic) bond motifs is 6. The highest BCUT2D eigenvalue weighted by atomic mass is 19.1. The smallest absolute Gasteiger partial charge is 0.145 e. The van der Waals surface area contributed by atoms with Gasteiger partial charge in [0.2, 0.25) is 0 Å². The quantitative estimate of drug-likeness (QED) is 0.128. The first kappa shape index (κ1) is 43.6. The molecule has 0 bridgehead atoms. The van der Waals surface area contributed by atoms with Crippen molar-refractivity contribution in [3.05, 3.63) is 162 Å². The Morgan fingerprint density at radius 2 is 1.21 bits per heavy atom. The summed E-state index contributed by atoms with van der Waals surface area (Å²) >= 11 is 0.